The Labute approximate surface area is 151 Å². The quantitative estimate of drug-likeness (QED) is 0.568. The Kier molecular flexibility index (Phi) is 7.15. The molecular weight excluding hydrogens is 353 g/mol. The van der Waals surface area contributed by atoms with Crippen LogP contribution in [0.2, 0.25) is 0 Å². The van der Waals surface area contributed by atoms with Crippen molar-refractivity contribution in [2.45, 2.75) is 17.7 Å². The predicted molar refractivity (Wildman–Crippen MR) is 96.2 cm³/mol. The van der Waals surface area contributed by atoms with Crippen molar-refractivity contribution >= 4 is 46.4 Å². The second-order valence-corrected chi connectivity index (χ2v) is 6.56. The predicted octanol–water partition coefficient (Wildman–Crippen LogP) is 2.41. The average molecular weight is 374 g/mol. The van der Waals surface area contributed by atoms with Gasteiger partial charge in [-0.25, -0.2) is 0 Å². The van der Waals surface area contributed by atoms with Gasteiger partial charge in [0.05, 0.1) is 12.2 Å². The van der Waals surface area contributed by atoms with Gasteiger partial charge in [-0.3, -0.25) is 9.59 Å². The van der Waals surface area contributed by atoms with Gasteiger partial charge in [0, 0.05) is 38.1 Å². The zero-order chi connectivity index (χ0) is 17.5. The lowest BCUT2D eigenvalue weighted by atomic mass is 10.1. The fourth-order valence-corrected chi connectivity index (χ4v) is 2.70. The van der Waals surface area contributed by atoms with E-state index in [9.17, 15) is 9.59 Å². The van der Waals surface area contributed by atoms with Crippen molar-refractivity contribution in [1.82, 2.24) is 5.32 Å². The molecular formula is C16H21Cl2N3O3. The highest BCUT2D eigenvalue weighted by atomic mass is 35.5. The van der Waals surface area contributed by atoms with Crippen LogP contribution in [0.5, 0.6) is 0 Å². The van der Waals surface area contributed by atoms with Crippen molar-refractivity contribution in [3.8, 4) is 0 Å². The van der Waals surface area contributed by atoms with Crippen molar-refractivity contribution in [3.63, 3.8) is 0 Å². The van der Waals surface area contributed by atoms with Crippen molar-refractivity contribution in [2.75, 3.05) is 43.6 Å². The van der Waals surface area contributed by atoms with Crippen molar-refractivity contribution in [3.05, 3.63) is 23.8 Å². The van der Waals surface area contributed by atoms with E-state index in [-0.39, 0.29) is 5.91 Å². The summed E-state index contributed by atoms with van der Waals surface area (Å²) in [5, 5.41) is 5.41. The number of anilines is 2. The second kappa shape index (κ2) is 9.11. The third-order valence-corrected chi connectivity index (χ3v) is 4.14. The number of hydrogen-bond donors (Lipinski definition) is 2. The lowest BCUT2D eigenvalue weighted by molar-refractivity contribution is -0.114. The summed E-state index contributed by atoms with van der Waals surface area (Å²) in [5.41, 5.74) is 1.84. The molecule has 0 aromatic heterocycles. The van der Waals surface area contributed by atoms with E-state index in [2.05, 4.69) is 15.5 Å². The molecule has 1 heterocycles. The van der Waals surface area contributed by atoms with Gasteiger partial charge in [-0.2, -0.15) is 0 Å². The van der Waals surface area contributed by atoms with E-state index < -0.39 is 10.7 Å². The van der Waals surface area contributed by atoms with E-state index in [1.165, 1.54) is 0 Å². The SMILES string of the molecule is COCCNC(=O)c1cc(NC(=O)C(Cl)Cl)ccc1N1CCCC1. The molecule has 0 radical (unpaired) electrons. The second-order valence-electron chi connectivity index (χ2n) is 5.46. The van der Waals surface area contributed by atoms with Crippen molar-refractivity contribution < 1.29 is 14.3 Å². The number of nitrogens with zero attached hydrogens (tertiary/aromatic N) is 1. The Morgan fingerprint density at radius 3 is 2.62 bits per heavy atom. The first kappa shape index (κ1) is 18.8. The van der Waals surface area contributed by atoms with Crippen LogP contribution < -0.4 is 15.5 Å². The highest BCUT2D eigenvalue weighted by Gasteiger charge is 2.21. The van der Waals surface area contributed by atoms with Gasteiger partial charge in [-0.1, -0.05) is 23.2 Å². The summed E-state index contributed by atoms with van der Waals surface area (Å²) in [6.45, 7) is 2.67. The summed E-state index contributed by atoms with van der Waals surface area (Å²) in [6.07, 6.45) is 2.20. The molecule has 0 unspecified atom stereocenters. The molecule has 0 aliphatic carbocycles. The number of hydrogen-bond acceptors (Lipinski definition) is 4. The molecule has 8 heteroatoms. The lowest BCUT2D eigenvalue weighted by Gasteiger charge is -2.22. The largest absolute Gasteiger partial charge is 0.383 e. The minimum absolute atomic E-state index is 0.210. The third kappa shape index (κ3) is 5.00. The summed E-state index contributed by atoms with van der Waals surface area (Å²) in [6, 6.07) is 5.22. The smallest absolute Gasteiger partial charge is 0.257 e. The Morgan fingerprint density at radius 2 is 2.00 bits per heavy atom. The monoisotopic (exact) mass is 373 g/mol. The molecule has 2 rings (SSSR count). The topological polar surface area (TPSA) is 70.7 Å². The number of alkyl halides is 2. The van der Waals surface area contributed by atoms with Gasteiger partial charge in [-0.15, -0.1) is 0 Å². The van der Waals surface area contributed by atoms with Crippen molar-refractivity contribution in [2.24, 2.45) is 0 Å². The lowest BCUT2D eigenvalue weighted by Crippen LogP contribution is -2.30. The molecule has 1 aromatic rings. The number of halogens is 2. The van der Waals surface area contributed by atoms with Crippen LogP contribution in [0.25, 0.3) is 0 Å². The molecule has 1 saturated heterocycles. The van der Waals surface area contributed by atoms with Gasteiger partial charge < -0.3 is 20.3 Å². The zero-order valence-corrected chi connectivity index (χ0v) is 15.0. The molecule has 0 atom stereocenters. The summed E-state index contributed by atoms with van der Waals surface area (Å²) in [4.78, 5) is 25.2. The Morgan fingerprint density at radius 1 is 1.29 bits per heavy atom. The molecule has 24 heavy (non-hydrogen) atoms. The fourth-order valence-electron chi connectivity index (χ4n) is 2.59. The molecule has 0 spiro atoms. The number of benzene rings is 1. The van der Waals surface area contributed by atoms with Gasteiger partial charge in [0.2, 0.25) is 0 Å². The number of methoxy groups -OCH3 is 1. The molecule has 2 amide bonds. The minimum atomic E-state index is -1.16. The van der Waals surface area contributed by atoms with Crippen LogP contribution in [0, 0.1) is 0 Å². The van der Waals surface area contributed by atoms with E-state index in [0.29, 0.717) is 24.4 Å². The van der Waals surface area contributed by atoms with E-state index >= 15 is 0 Å². The van der Waals surface area contributed by atoms with Gasteiger partial charge in [0.25, 0.3) is 11.8 Å². The van der Waals surface area contributed by atoms with Crippen LogP contribution in [0.4, 0.5) is 11.4 Å². The number of nitrogens with one attached hydrogen (secondary N) is 2. The average Bonchev–Trinajstić information content (AvgIpc) is 3.09. The Bertz CT molecular complexity index is 590. The summed E-state index contributed by atoms with van der Waals surface area (Å²) in [7, 11) is 1.58. The molecule has 1 aromatic carbocycles. The molecule has 6 nitrogen and oxygen atoms in total. The molecule has 132 valence electrons. The Hall–Kier alpha value is -1.50. The van der Waals surface area contributed by atoms with Crippen LogP contribution in [-0.2, 0) is 9.53 Å². The van der Waals surface area contributed by atoms with Crippen LogP contribution in [0.1, 0.15) is 23.2 Å². The minimum Gasteiger partial charge on any atom is -0.383 e. The first-order valence-electron chi connectivity index (χ1n) is 7.78. The highest BCUT2D eigenvalue weighted by molar-refractivity contribution is 6.54. The maximum Gasteiger partial charge on any atom is 0.257 e. The fraction of sp³-hybridized carbons (Fsp3) is 0.500. The number of carbonyl (C=O) groups is 2. The van der Waals surface area contributed by atoms with Gasteiger partial charge in [0.15, 0.2) is 4.84 Å². The van der Waals surface area contributed by atoms with E-state index in [1.54, 1.807) is 19.2 Å². The zero-order valence-electron chi connectivity index (χ0n) is 13.5. The summed E-state index contributed by atoms with van der Waals surface area (Å²) >= 11 is 11.1. The molecule has 0 saturated carbocycles. The summed E-state index contributed by atoms with van der Waals surface area (Å²) in [5.74, 6) is -0.739. The molecule has 1 aliphatic rings. The Balaban J connectivity index is 2.23. The molecule has 0 bridgehead atoms. The van der Waals surface area contributed by atoms with E-state index in [4.69, 9.17) is 27.9 Å². The van der Waals surface area contributed by atoms with Crippen LogP contribution >= 0.6 is 23.2 Å². The van der Waals surface area contributed by atoms with Crippen LogP contribution in [0.3, 0.4) is 0 Å². The standard InChI is InChI=1S/C16H21Cl2N3O3/c1-24-9-6-19-15(22)12-10-11(20-16(23)14(17)18)4-5-13(12)21-7-2-3-8-21/h4-5,10,14H,2-3,6-9H2,1H3,(H,19,22)(H,20,23). The molecule has 1 fully saturated rings. The van der Waals surface area contributed by atoms with E-state index in [1.807, 2.05) is 6.07 Å². The van der Waals surface area contributed by atoms with Crippen LogP contribution in [0.15, 0.2) is 18.2 Å². The number of rotatable bonds is 7. The van der Waals surface area contributed by atoms with Gasteiger partial charge >= 0.3 is 0 Å². The van der Waals surface area contributed by atoms with Crippen molar-refractivity contribution in [1.29, 1.82) is 0 Å². The first-order chi connectivity index (χ1) is 11.5. The van der Waals surface area contributed by atoms with Gasteiger partial charge in [0.1, 0.15) is 0 Å². The maximum absolute atomic E-state index is 12.5. The van der Waals surface area contributed by atoms with Crippen LogP contribution in [-0.4, -0.2) is 50.0 Å². The maximum atomic E-state index is 12.5. The number of carbonyl (C=O) groups excluding carboxylic acids is 2. The molecule has 2 N–H and O–H groups in total. The molecule has 1 aliphatic heterocycles. The third-order valence-electron chi connectivity index (χ3n) is 3.75. The first-order valence-corrected chi connectivity index (χ1v) is 8.65. The van der Waals surface area contributed by atoms with Gasteiger partial charge in [-0.05, 0) is 31.0 Å². The highest BCUT2D eigenvalue weighted by Crippen LogP contribution is 2.27. The number of amides is 2. The van der Waals surface area contributed by atoms with E-state index in [0.717, 1.165) is 31.6 Å². The number of ether oxygens (including phenoxy) is 1. The summed E-state index contributed by atoms with van der Waals surface area (Å²) < 4.78 is 4.95. The normalized spacial score (nSPS) is 14.1.